The molecule has 0 aliphatic carbocycles. The summed E-state index contributed by atoms with van der Waals surface area (Å²) >= 11 is 0. The van der Waals surface area contributed by atoms with Crippen LogP contribution in [0.4, 0.5) is 14.5 Å². The number of fused-ring (bicyclic) bond motifs is 1. The number of ether oxygens (including phenoxy) is 1. The first-order chi connectivity index (χ1) is 7.87. The molecule has 0 radical (unpaired) electrons. The quantitative estimate of drug-likeness (QED) is 0.845. The number of alkyl halides is 2. The summed E-state index contributed by atoms with van der Waals surface area (Å²) in [7, 11) is 0. The van der Waals surface area contributed by atoms with Crippen molar-refractivity contribution in [1.29, 1.82) is 0 Å². The maximum absolute atomic E-state index is 12.1. The van der Waals surface area contributed by atoms with Gasteiger partial charge in [0.05, 0.1) is 5.54 Å². The molecule has 0 saturated carbocycles. The second kappa shape index (κ2) is 4.02. The molecule has 92 valence electrons. The van der Waals surface area contributed by atoms with E-state index in [1.54, 1.807) is 18.2 Å². The van der Waals surface area contributed by atoms with Gasteiger partial charge >= 0.3 is 6.61 Å². The van der Waals surface area contributed by atoms with Crippen molar-refractivity contribution in [3.05, 3.63) is 29.8 Å². The number of allylic oxidation sites excluding steroid dienone is 1. The van der Waals surface area contributed by atoms with E-state index in [4.69, 9.17) is 0 Å². The normalized spacial score (nSPS) is 17.2. The van der Waals surface area contributed by atoms with Gasteiger partial charge in [-0.1, -0.05) is 6.08 Å². The molecular weight excluding hydrogens is 224 g/mol. The maximum Gasteiger partial charge on any atom is 0.387 e. The average molecular weight is 239 g/mol. The highest BCUT2D eigenvalue weighted by Crippen LogP contribution is 2.35. The lowest BCUT2D eigenvalue weighted by atomic mass is 9.91. The molecule has 1 aromatic carbocycles. The summed E-state index contributed by atoms with van der Waals surface area (Å²) in [5, 5.41) is 3.33. The van der Waals surface area contributed by atoms with Crippen LogP contribution in [-0.2, 0) is 0 Å². The van der Waals surface area contributed by atoms with Gasteiger partial charge in [0.25, 0.3) is 0 Å². The predicted octanol–water partition coefficient (Wildman–Crippen LogP) is 3.90. The van der Waals surface area contributed by atoms with Crippen LogP contribution < -0.4 is 10.1 Å². The number of nitrogens with one attached hydrogen (secondary N) is 1. The Hall–Kier alpha value is -1.58. The standard InChI is InChI=1S/C13H15F2NO/c1-8-7-13(2,3)16-11-5-4-9(6-10(8)11)17-12(14)15/h4-7,12,16H,1-3H3. The van der Waals surface area contributed by atoms with E-state index in [0.29, 0.717) is 0 Å². The molecule has 4 heteroatoms. The summed E-state index contributed by atoms with van der Waals surface area (Å²) in [5.41, 5.74) is 2.78. The number of halogens is 2. The summed E-state index contributed by atoms with van der Waals surface area (Å²) in [4.78, 5) is 0. The van der Waals surface area contributed by atoms with Crippen LogP contribution in [0.2, 0.25) is 0 Å². The van der Waals surface area contributed by atoms with Crippen LogP contribution in [0.1, 0.15) is 26.3 Å². The van der Waals surface area contributed by atoms with E-state index in [1.807, 2.05) is 6.92 Å². The van der Waals surface area contributed by atoms with Gasteiger partial charge in [-0.05, 0) is 44.5 Å². The van der Waals surface area contributed by atoms with Crippen LogP contribution >= 0.6 is 0 Å². The Kier molecular flexibility index (Phi) is 2.81. The van der Waals surface area contributed by atoms with Crippen molar-refractivity contribution in [2.45, 2.75) is 32.9 Å². The lowest BCUT2D eigenvalue weighted by Crippen LogP contribution is -2.31. The Labute approximate surface area is 99.3 Å². The molecule has 2 nitrogen and oxygen atoms in total. The number of benzene rings is 1. The van der Waals surface area contributed by atoms with Gasteiger partial charge in [0.1, 0.15) is 5.75 Å². The van der Waals surface area contributed by atoms with Crippen molar-refractivity contribution < 1.29 is 13.5 Å². The lowest BCUT2D eigenvalue weighted by Gasteiger charge is -2.31. The molecule has 2 rings (SSSR count). The molecule has 1 N–H and O–H groups in total. The lowest BCUT2D eigenvalue weighted by molar-refractivity contribution is -0.0498. The van der Waals surface area contributed by atoms with Crippen LogP contribution in [0.25, 0.3) is 5.57 Å². The van der Waals surface area contributed by atoms with Crippen molar-refractivity contribution in [2.75, 3.05) is 5.32 Å². The Morgan fingerprint density at radius 3 is 2.65 bits per heavy atom. The fourth-order valence-electron chi connectivity index (χ4n) is 2.14. The second-order valence-electron chi connectivity index (χ2n) is 4.76. The van der Waals surface area contributed by atoms with Crippen molar-refractivity contribution >= 4 is 11.3 Å². The molecule has 0 spiro atoms. The zero-order chi connectivity index (χ0) is 12.6. The van der Waals surface area contributed by atoms with E-state index in [-0.39, 0.29) is 11.3 Å². The second-order valence-corrected chi connectivity index (χ2v) is 4.76. The number of anilines is 1. The van der Waals surface area contributed by atoms with Crippen LogP contribution in [0, 0.1) is 0 Å². The minimum Gasteiger partial charge on any atom is -0.435 e. The molecule has 0 atom stereocenters. The van der Waals surface area contributed by atoms with E-state index in [9.17, 15) is 8.78 Å². The SMILES string of the molecule is CC1=CC(C)(C)Nc2ccc(OC(F)F)cc21. The fraction of sp³-hybridized carbons (Fsp3) is 0.385. The first-order valence-electron chi connectivity index (χ1n) is 5.44. The zero-order valence-corrected chi connectivity index (χ0v) is 10.1. The van der Waals surface area contributed by atoms with Crippen molar-refractivity contribution in [3.63, 3.8) is 0 Å². The Morgan fingerprint density at radius 1 is 1.29 bits per heavy atom. The van der Waals surface area contributed by atoms with Crippen molar-refractivity contribution in [2.24, 2.45) is 0 Å². The van der Waals surface area contributed by atoms with Gasteiger partial charge in [-0.3, -0.25) is 0 Å². The van der Waals surface area contributed by atoms with E-state index < -0.39 is 6.61 Å². The van der Waals surface area contributed by atoms with E-state index in [2.05, 4.69) is 30.0 Å². The van der Waals surface area contributed by atoms with Gasteiger partial charge in [-0.25, -0.2) is 0 Å². The van der Waals surface area contributed by atoms with Crippen molar-refractivity contribution in [1.82, 2.24) is 0 Å². The number of rotatable bonds is 2. The van der Waals surface area contributed by atoms with E-state index in [0.717, 1.165) is 16.8 Å². The predicted molar refractivity (Wildman–Crippen MR) is 64.4 cm³/mol. The van der Waals surface area contributed by atoms with E-state index >= 15 is 0 Å². The molecule has 0 saturated heterocycles. The maximum atomic E-state index is 12.1. The third-order valence-corrected chi connectivity index (χ3v) is 2.68. The molecule has 1 aliphatic rings. The highest BCUT2D eigenvalue weighted by Gasteiger charge is 2.22. The van der Waals surface area contributed by atoms with Crippen LogP contribution in [0.3, 0.4) is 0 Å². The largest absolute Gasteiger partial charge is 0.435 e. The molecule has 0 aromatic heterocycles. The minimum atomic E-state index is -2.79. The number of hydrogen-bond acceptors (Lipinski definition) is 2. The first-order valence-corrected chi connectivity index (χ1v) is 5.44. The average Bonchev–Trinajstić information content (AvgIpc) is 2.16. The van der Waals surface area contributed by atoms with Crippen LogP contribution in [0.15, 0.2) is 24.3 Å². The summed E-state index contributed by atoms with van der Waals surface area (Å²) in [6.07, 6.45) is 2.07. The molecule has 0 fully saturated rings. The smallest absolute Gasteiger partial charge is 0.387 e. The fourth-order valence-corrected chi connectivity index (χ4v) is 2.14. The monoisotopic (exact) mass is 239 g/mol. The minimum absolute atomic E-state index is 0.123. The van der Waals surface area contributed by atoms with Crippen LogP contribution in [-0.4, -0.2) is 12.2 Å². The summed E-state index contributed by atoms with van der Waals surface area (Å²) in [6.45, 7) is 3.30. The van der Waals surface area contributed by atoms with Gasteiger partial charge < -0.3 is 10.1 Å². The highest BCUT2D eigenvalue weighted by molar-refractivity contribution is 5.80. The van der Waals surface area contributed by atoms with Gasteiger partial charge in [0.2, 0.25) is 0 Å². The molecular formula is C13H15F2NO. The molecule has 1 aliphatic heterocycles. The Balaban J connectivity index is 2.37. The summed E-state index contributed by atoms with van der Waals surface area (Å²) in [6, 6.07) is 4.95. The third-order valence-electron chi connectivity index (χ3n) is 2.68. The first kappa shape index (κ1) is 11.9. The molecule has 0 amide bonds. The Morgan fingerprint density at radius 2 is 2.00 bits per heavy atom. The van der Waals surface area contributed by atoms with E-state index in [1.165, 1.54) is 0 Å². The van der Waals surface area contributed by atoms with Gasteiger partial charge in [0.15, 0.2) is 0 Å². The highest BCUT2D eigenvalue weighted by atomic mass is 19.3. The molecule has 1 aromatic rings. The topological polar surface area (TPSA) is 21.3 Å². The molecule has 1 heterocycles. The Bertz CT molecular complexity index is 466. The summed E-state index contributed by atoms with van der Waals surface area (Å²) in [5.74, 6) is 0.188. The zero-order valence-electron chi connectivity index (χ0n) is 10.1. The van der Waals surface area contributed by atoms with Crippen molar-refractivity contribution in [3.8, 4) is 5.75 Å². The van der Waals surface area contributed by atoms with Crippen LogP contribution in [0.5, 0.6) is 5.75 Å². The summed E-state index contributed by atoms with van der Waals surface area (Å²) < 4.78 is 28.6. The van der Waals surface area contributed by atoms with Gasteiger partial charge in [-0.15, -0.1) is 0 Å². The molecule has 0 unspecified atom stereocenters. The third kappa shape index (κ3) is 2.57. The molecule has 17 heavy (non-hydrogen) atoms. The van der Waals surface area contributed by atoms with Gasteiger partial charge in [-0.2, -0.15) is 8.78 Å². The number of hydrogen-bond donors (Lipinski definition) is 1. The van der Waals surface area contributed by atoms with Gasteiger partial charge in [0, 0.05) is 11.3 Å². The molecule has 0 bridgehead atoms.